The largest absolute Gasteiger partial charge is 0.457 e. The number of benzene rings is 1. The van der Waals surface area contributed by atoms with Crippen molar-refractivity contribution in [1.82, 2.24) is 5.43 Å². The number of furan rings is 1. The van der Waals surface area contributed by atoms with Crippen LogP contribution in [0, 0.1) is 13.8 Å². The predicted octanol–water partition coefficient (Wildman–Crippen LogP) is 3.41. The maximum absolute atomic E-state index is 5.64. The zero-order chi connectivity index (χ0) is 13.1. The van der Waals surface area contributed by atoms with Crippen LogP contribution in [-0.2, 0) is 6.42 Å². The summed E-state index contributed by atoms with van der Waals surface area (Å²) in [6.07, 6.45) is 2.49. The van der Waals surface area contributed by atoms with E-state index in [9.17, 15) is 0 Å². The maximum Gasteiger partial charge on any atom is 0.173 e. The fourth-order valence-electron chi connectivity index (χ4n) is 2.23. The highest BCUT2D eigenvalue weighted by Crippen LogP contribution is 2.27. The van der Waals surface area contributed by atoms with Crippen LogP contribution >= 0.6 is 15.9 Å². The number of hydrogen-bond acceptors (Lipinski definition) is 3. The third-order valence-corrected chi connectivity index (χ3v) is 3.59. The van der Waals surface area contributed by atoms with Crippen LogP contribution in [-0.4, -0.2) is 0 Å². The van der Waals surface area contributed by atoms with E-state index in [1.165, 1.54) is 16.7 Å². The molecule has 1 heterocycles. The number of hydrazine groups is 1. The smallest absolute Gasteiger partial charge is 0.173 e. The average Bonchev–Trinajstić information content (AvgIpc) is 2.71. The molecular weight excluding hydrogens is 292 g/mol. The number of aryl methyl sites for hydroxylation is 2. The minimum Gasteiger partial charge on any atom is -0.457 e. The molecule has 96 valence electrons. The summed E-state index contributed by atoms with van der Waals surface area (Å²) in [6.45, 7) is 4.21. The van der Waals surface area contributed by atoms with Crippen molar-refractivity contribution in [3.63, 3.8) is 0 Å². The molecule has 0 radical (unpaired) electrons. The summed E-state index contributed by atoms with van der Waals surface area (Å²) in [5.41, 5.74) is 7.69. The Labute approximate surface area is 115 Å². The van der Waals surface area contributed by atoms with Crippen molar-refractivity contribution in [2.75, 3.05) is 0 Å². The predicted molar refractivity (Wildman–Crippen MR) is 76.1 cm³/mol. The van der Waals surface area contributed by atoms with Gasteiger partial charge in [0.25, 0.3) is 0 Å². The molecule has 0 saturated carbocycles. The summed E-state index contributed by atoms with van der Waals surface area (Å²) < 4.78 is 5.98. The van der Waals surface area contributed by atoms with Gasteiger partial charge in [-0.3, -0.25) is 11.3 Å². The highest BCUT2D eigenvalue weighted by atomic mass is 79.9. The van der Waals surface area contributed by atoms with E-state index in [1.54, 1.807) is 6.26 Å². The third-order valence-electron chi connectivity index (χ3n) is 2.94. The lowest BCUT2D eigenvalue weighted by Gasteiger charge is -2.15. The number of nitrogens with two attached hydrogens (primary N) is 1. The minimum absolute atomic E-state index is 0.0410. The molecule has 0 spiro atoms. The molecule has 18 heavy (non-hydrogen) atoms. The molecule has 0 bridgehead atoms. The first kappa shape index (κ1) is 13.3. The van der Waals surface area contributed by atoms with Gasteiger partial charge in [-0.1, -0.05) is 29.3 Å². The summed E-state index contributed by atoms with van der Waals surface area (Å²) in [5.74, 6) is 5.64. The van der Waals surface area contributed by atoms with Gasteiger partial charge in [-0.05, 0) is 47.8 Å². The normalized spacial score (nSPS) is 12.7. The Morgan fingerprint density at radius 1 is 1.28 bits per heavy atom. The van der Waals surface area contributed by atoms with E-state index in [-0.39, 0.29) is 6.04 Å². The van der Waals surface area contributed by atoms with Gasteiger partial charge in [-0.15, -0.1) is 0 Å². The lowest BCUT2D eigenvalue weighted by atomic mass is 9.98. The second-order valence-corrected chi connectivity index (χ2v) is 5.29. The van der Waals surface area contributed by atoms with Gasteiger partial charge < -0.3 is 4.42 Å². The SMILES string of the molecule is Cc1cc(C)cc(CC(NN)c2ccoc2Br)c1. The lowest BCUT2D eigenvalue weighted by molar-refractivity contribution is 0.506. The van der Waals surface area contributed by atoms with Gasteiger partial charge in [0, 0.05) is 5.56 Å². The van der Waals surface area contributed by atoms with Crippen molar-refractivity contribution >= 4 is 15.9 Å². The van der Waals surface area contributed by atoms with Gasteiger partial charge in [0.1, 0.15) is 0 Å². The van der Waals surface area contributed by atoms with Crippen LogP contribution in [0.3, 0.4) is 0 Å². The fraction of sp³-hybridized carbons (Fsp3) is 0.286. The van der Waals surface area contributed by atoms with Gasteiger partial charge in [0.2, 0.25) is 0 Å². The second-order valence-electron chi connectivity index (χ2n) is 4.57. The Hall–Kier alpha value is -1.10. The van der Waals surface area contributed by atoms with Gasteiger partial charge in [0.15, 0.2) is 4.67 Å². The zero-order valence-electron chi connectivity index (χ0n) is 10.5. The van der Waals surface area contributed by atoms with E-state index in [0.717, 1.165) is 16.7 Å². The van der Waals surface area contributed by atoms with Gasteiger partial charge in [0.05, 0.1) is 12.3 Å². The zero-order valence-corrected chi connectivity index (χ0v) is 12.1. The summed E-state index contributed by atoms with van der Waals surface area (Å²) >= 11 is 3.39. The first-order valence-electron chi connectivity index (χ1n) is 5.86. The molecule has 1 aromatic carbocycles. The first-order valence-corrected chi connectivity index (χ1v) is 6.65. The standard InChI is InChI=1S/C14H17BrN2O/c1-9-5-10(2)7-11(6-9)8-13(17-16)12-3-4-18-14(12)15/h3-7,13,17H,8,16H2,1-2H3. The van der Waals surface area contributed by atoms with E-state index >= 15 is 0 Å². The Bertz CT molecular complexity index is 516. The number of rotatable bonds is 4. The molecule has 3 N–H and O–H groups in total. The van der Waals surface area contributed by atoms with Crippen LogP contribution in [0.1, 0.15) is 28.3 Å². The molecule has 0 aliphatic heterocycles. The third kappa shape index (κ3) is 3.02. The van der Waals surface area contributed by atoms with E-state index < -0.39 is 0 Å². The summed E-state index contributed by atoms with van der Waals surface area (Å²) in [6, 6.07) is 8.51. The molecular formula is C14H17BrN2O. The number of nitrogens with one attached hydrogen (secondary N) is 1. The molecule has 4 heteroatoms. The molecule has 0 amide bonds. The van der Waals surface area contributed by atoms with Gasteiger partial charge in [-0.25, -0.2) is 0 Å². The molecule has 0 aliphatic carbocycles. The monoisotopic (exact) mass is 308 g/mol. The van der Waals surface area contributed by atoms with Crippen molar-refractivity contribution in [1.29, 1.82) is 0 Å². The summed E-state index contributed by atoms with van der Waals surface area (Å²) in [4.78, 5) is 0. The molecule has 2 aromatic rings. The molecule has 1 aromatic heterocycles. The van der Waals surface area contributed by atoms with Crippen molar-refractivity contribution in [2.24, 2.45) is 5.84 Å². The van der Waals surface area contributed by atoms with Crippen LogP contribution in [0.4, 0.5) is 0 Å². The average molecular weight is 309 g/mol. The van der Waals surface area contributed by atoms with E-state index in [0.29, 0.717) is 0 Å². The topological polar surface area (TPSA) is 51.2 Å². The van der Waals surface area contributed by atoms with Crippen LogP contribution in [0.5, 0.6) is 0 Å². The summed E-state index contributed by atoms with van der Waals surface area (Å²) in [7, 11) is 0. The molecule has 3 nitrogen and oxygen atoms in total. The molecule has 0 aliphatic rings. The Morgan fingerprint density at radius 2 is 1.94 bits per heavy atom. The Morgan fingerprint density at radius 3 is 2.44 bits per heavy atom. The molecule has 0 saturated heterocycles. The highest BCUT2D eigenvalue weighted by molar-refractivity contribution is 9.10. The minimum atomic E-state index is 0.0410. The van der Waals surface area contributed by atoms with Crippen molar-refractivity contribution in [3.8, 4) is 0 Å². The fourth-order valence-corrected chi connectivity index (χ4v) is 2.75. The Balaban J connectivity index is 2.23. The lowest BCUT2D eigenvalue weighted by Crippen LogP contribution is -2.29. The summed E-state index contributed by atoms with van der Waals surface area (Å²) in [5, 5.41) is 0. The highest BCUT2D eigenvalue weighted by Gasteiger charge is 2.16. The van der Waals surface area contributed by atoms with Crippen molar-refractivity contribution in [2.45, 2.75) is 26.3 Å². The maximum atomic E-state index is 5.64. The van der Waals surface area contributed by atoms with Crippen molar-refractivity contribution in [3.05, 3.63) is 57.5 Å². The van der Waals surface area contributed by atoms with Crippen molar-refractivity contribution < 1.29 is 4.42 Å². The van der Waals surface area contributed by atoms with Gasteiger partial charge >= 0.3 is 0 Å². The first-order chi connectivity index (χ1) is 8.60. The second kappa shape index (κ2) is 5.69. The molecule has 1 unspecified atom stereocenters. The number of halogens is 1. The van der Waals surface area contributed by atoms with Crippen LogP contribution in [0.15, 0.2) is 39.6 Å². The van der Waals surface area contributed by atoms with E-state index in [4.69, 9.17) is 10.3 Å². The molecule has 2 rings (SSSR count). The van der Waals surface area contributed by atoms with Gasteiger partial charge in [-0.2, -0.15) is 0 Å². The number of hydrogen-bond donors (Lipinski definition) is 2. The van der Waals surface area contributed by atoms with E-state index in [2.05, 4.69) is 53.4 Å². The quantitative estimate of drug-likeness (QED) is 0.672. The Kier molecular flexibility index (Phi) is 4.22. The van der Waals surface area contributed by atoms with Crippen LogP contribution in [0.2, 0.25) is 0 Å². The van der Waals surface area contributed by atoms with Crippen LogP contribution < -0.4 is 11.3 Å². The molecule has 0 fully saturated rings. The molecule has 1 atom stereocenters. The van der Waals surface area contributed by atoms with E-state index in [1.807, 2.05) is 6.07 Å². The van der Waals surface area contributed by atoms with Crippen LogP contribution in [0.25, 0.3) is 0 Å².